The minimum Gasteiger partial charge on any atom is -0.351 e. The van der Waals surface area contributed by atoms with E-state index in [0.29, 0.717) is 17.6 Å². The topological polar surface area (TPSA) is 35.6 Å². The quantitative estimate of drug-likeness (QED) is 0.918. The van der Waals surface area contributed by atoms with Crippen LogP contribution in [0.25, 0.3) is 0 Å². The van der Waals surface area contributed by atoms with Gasteiger partial charge in [0.15, 0.2) is 0 Å². The molecule has 4 nitrogen and oxygen atoms in total. The van der Waals surface area contributed by atoms with Gasteiger partial charge in [0.05, 0.1) is 6.04 Å². The van der Waals surface area contributed by atoms with Crippen molar-refractivity contribution in [1.29, 1.82) is 0 Å². The number of piperazine rings is 1. The van der Waals surface area contributed by atoms with Gasteiger partial charge in [-0.25, -0.2) is 0 Å². The second kappa shape index (κ2) is 7.65. The Morgan fingerprint density at radius 3 is 2.96 bits per heavy atom. The zero-order valence-electron chi connectivity index (χ0n) is 13.8. The summed E-state index contributed by atoms with van der Waals surface area (Å²) >= 11 is 6.15. The molecular formula is C18H26ClN3O. The first kappa shape index (κ1) is 16.7. The summed E-state index contributed by atoms with van der Waals surface area (Å²) in [6, 6.07) is 8.21. The molecule has 0 spiro atoms. The molecule has 23 heavy (non-hydrogen) atoms. The van der Waals surface area contributed by atoms with E-state index in [-0.39, 0.29) is 11.9 Å². The highest BCUT2D eigenvalue weighted by molar-refractivity contribution is 6.31. The van der Waals surface area contributed by atoms with E-state index in [0.717, 1.165) is 25.2 Å². The van der Waals surface area contributed by atoms with E-state index in [2.05, 4.69) is 15.1 Å². The summed E-state index contributed by atoms with van der Waals surface area (Å²) in [4.78, 5) is 17.4. The van der Waals surface area contributed by atoms with E-state index in [1.807, 2.05) is 31.2 Å². The molecule has 3 rings (SSSR count). The summed E-state index contributed by atoms with van der Waals surface area (Å²) < 4.78 is 0. The van der Waals surface area contributed by atoms with Gasteiger partial charge >= 0.3 is 0 Å². The molecule has 2 atom stereocenters. The van der Waals surface area contributed by atoms with Crippen molar-refractivity contribution in [2.24, 2.45) is 0 Å². The largest absolute Gasteiger partial charge is 0.351 e. The molecule has 0 aliphatic carbocycles. The van der Waals surface area contributed by atoms with Crippen molar-refractivity contribution in [2.75, 3.05) is 26.2 Å². The van der Waals surface area contributed by atoms with Crippen LogP contribution in [0.5, 0.6) is 0 Å². The Kier molecular flexibility index (Phi) is 5.57. The van der Waals surface area contributed by atoms with Crippen LogP contribution in [0.3, 0.4) is 0 Å². The van der Waals surface area contributed by atoms with Crippen molar-refractivity contribution < 1.29 is 4.79 Å². The summed E-state index contributed by atoms with van der Waals surface area (Å²) in [5.74, 6) is 0.0918. The SMILES string of the molecule is CC(C(=O)NCc1ccccc1Cl)N1CCN2CCCCC2C1. The Balaban J connectivity index is 1.52. The standard InChI is InChI=1S/C18H26ClN3O/c1-14(18(23)20-12-15-6-2-3-8-17(15)19)22-11-10-21-9-5-4-7-16(21)13-22/h2-3,6,8,14,16H,4-5,7,9-13H2,1H3,(H,20,23). The Morgan fingerprint density at radius 1 is 1.30 bits per heavy atom. The predicted octanol–water partition coefficient (Wildman–Crippen LogP) is 2.51. The number of nitrogens with zero attached hydrogens (tertiary/aromatic N) is 2. The lowest BCUT2D eigenvalue weighted by atomic mass is 9.98. The van der Waals surface area contributed by atoms with Crippen LogP contribution < -0.4 is 5.32 Å². The molecule has 2 aliphatic rings. The molecule has 1 aromatic carbocycles. The van der Waals surface area contributed by atoms with E-state index in [1.165, 1.54) is 25.8 Å². The van der Waals surface area contributed by atoms with Crippen LogP contribution in [0.2, 0.25) is 5.02 Å². The summed E-state index contributed by atoms with van der Waals surface area (Å²) in [7, 11) is 0. The van der Waals surface area contributed by atoms with Crippen molar-refractivity contribution in [3.05, 3.63) is 34.9 Å². The average molecular weight is 336 g/mol. The normalized spacial score (nSPS) is 24.0. The highest BCUT2D eigenvalue weighted by Crippen LogP contribution is 2.22. The number of hydrogen-bond donors (Lipinski definition) is 1. The monoisotopic (exact) mass is 335 g/mol. The third-order valence-corrected chi connectivity index (χ3v) is 5.58. The van der Waals surface area contributed by atoms with Gasteiger partial charge in [-0.05, 0) is 37.9 Å². The number of carbonyl (C=O) groups excluding carboxylic acids is 1. The molecule has 0 radical (unpaired) electrons. The molecule has 2 unspecified atom stereocenters. The van der Waals surface area contributed by atoms with Gasteiger partial charge in [-0.15, -0.1) is 0 Å². The second-order valence-electron chi connectivity index (χ2n) is 6.67. The number of piperidine rings is 1. The van der Waals surface area contributed by atoms with Crippen LogP contribution in [-0.4, -0.2) is 54.0 Å². The molecule has 0 saturated carbocycles. The molecule has 2 heterocycles. The van der Waals surface area contributed by atoms with Crippen LogP contribution in [0.15, 0.2) is 24.3 Å². The zero-order valence-corrected chi connectivity index (χ0v) is 14.6. The molecular weight excluding hydrogens is 310 g/mol. The van der Waals surface area contributed by atoms with Crippen molar-refractivity contribution in [2.45, 2.75) is 44.8 Å². The molecule has 126 valence electrons. The fourth-order valence-corrected chi connectivity index (χ4v) is 3.87. The van der Waals surface area contributed by atoms with Crippen LogP contribution in [-0.2, 0) is 11.3 Å². The molecule has 1 aromatic rings. The number of amides is 1. The van der Waals surface area contributed by atoms with Gasteiger partial charge in [0.1, 0.15) is 0 Å². The molecule has 2 saturated heterocycles. The van der Waals surface area contributed by atoms with E-state index >= 15 is 0 Å². The number of hydrogen-bond acceptors (Lipinski definition) is 3. The number of carbonyl (C=O) groups is 1. The molecule has 2 aliphatic heterocycles. The first-order valence-electron chi connectivity index (χ1n) is 8.64. The van der Waals surface area contributed by atoms with E-state index in [9.17, 15) is 4.79 Å². The molecule has 0 bridgehead atoms. The number of rotatable bonds is 4. The van der Waals surface area contributed by atoms with Crippen molar-refractivity contribution in [3.63, 3.8) is 0 Å². The van der Waals surface area contributed by atoms with Gasteiger partial charge in [-0.2, -0.15) is 0 Å². The summed E-state index contributed by atoms with van der Waals surface area (Å²) in [6.45, 7) is 6.82. The van der Waals surface area contributed by atoms with Gasteiger partial charge in [-0.3, -0.25) is 14.6 Å². The first-order valence-corrected chi connectivity index (χ1v) is 9.02. The maximum Gasteiger partial charge on any atom is 0.237 e. The van der Waals surface area contributed by atoms with Gasteiger partial charge in [0.25, 0.3) is 0 Å². The number of nitrogens with one attached hydrogen (secondary N) is 1. The summed E-state index contributed by atoms with van der Waals surface area (Å²) in [5.41, 5.74) is 0.965. The maximum absolute atomic E-state index is 12.5. The van der Waals surface area contributed by atoms with E-state index in [4.69, 9.17) is 11.6 Å². The average Bonchev–Trinajstić information content (AvgIpc) is 2.59. The van der Waals surface area contributed by atoms with Gasteiger partial charge in [-0.1, -0.05) is 36.2 Å². The molecule has 0 aromatic heterocycles. The highest BCUT2D eigenvalue weighted by atomic mass is 35.5. The Bertz CT molecular complexity index is 551. The highest BCUT2D eigenvalue weighted by Gasteiger charge is 2.32. The summed E-state index contributed by atoms with van der Waals surface area (Å²) in [5, 5.41) is 3.74. The summed E-state index contributed by atoms with van der Waals surface area (Å²) in [6.07, 6.45) is 3.91. The maximum atomic E-state index is 12.5. The van der Waals surface area contributed by atoms with Crippen molar-refractivity contribution >= 4 is 17.5 Å². The first-order chi connectivity index (χ1) is 11.1. The third kappa shape index (κ3) is 4.06. The fraction of sp³-hybridized carbons (Fsp3) is 0.611. The van der Waals surface area contributed by atoms with E-state index in [1.54, 1.807) is 0 Å². The van der Waals surface area contributed by atoms with Crippen LogP contribution >= 0.6 is 11.6 Å². The molecule has 1 amide bonds. The van der Waals surface area contributed by atoms with Crippen LogP contribution in [0.1, 0.15) is 31.7 Å². The second-order valence-corrected chi connectivity index (χ2v) is 7.07. The third-order valence-electron chi connectivity index (χ3n) is 5.21. The minimum atomic E-state index is -0.0819. The lowest BCUT2D eigenvalue weighted by Crippen LogP contribution is -2.59. The van der Waals surface area contributed by atoms with Crippen molar-refractivity contribution in [1.82, 2.24) is 15.1 Å². The molecule has 1 N–H and O–H groups in total. The van der Waals surface area contributed by atoms with Gasteiger partial charge < -0.3 is 5.32 Å². The van der Waals surface area contributed by atoms with E-state index < -0.39 is 0 Å². The molecule has 5 heteroatoms. The van der Waals surface area contributed by atoms with Gasteiger partial charge in [0.2, 0.25) is 5.91 Å². The fourth-order valence-electron chi connectivity index (χ4n) is 3.67. The van der Waals surface area contributed by atoms with Gasteiger partial charge in [0, 0.05) is 37.2 Å². The van der Waals surface area contributed by atoms with Crippen LogP contribution in [0.4, 0.5) is 0 Å². The Morgan fingerprint density at radius 2 is 2.13 bits per heavy atom. The molecule has 2 fully saturated rings. The number of fused-ring (bicyclic) bond motifs is 1. The lowest BCUT2D eigenvalue weighted by molar-refractivity contribution is -0.127. The predicted molar refractivity (Wildman–Crippen MR) is 93.5 cm³/mol. The Labute approximate surface area is 143 Å². The number of halogens is 1. The van der Waals surface area contributed by atoms with Crippen molar-refractivity contribution in [3.8, 4) is 0 Å². The van der Waals surface area contributed by atoms with Crippen LogP contribution in [0, 0.1) is 0 Å². The Hall–Kier alpha value is -1.10. The zero-order chi connectivity index (χ0) is 16.2. The minimum absolute atomic E-state index is 0.0819. The number of benzene rings is 1. The smallest absolute Gasteiger partial charge is 0.237 e. The lowest BCUT2D eigenvalue weighted by Gasteiger charge is -2.45.